The highest BCUT2D eigenvalue weighted by Gasteiger charge is 2.41. The van der Waals surface area contributed by atoms with E-state index in [1.807, 2.05) is 71.3 Å². The number of carbonyl (C=O) groups is 2. The quantitative estimate of drug-likeness (QED) is 0.429. The summed E-state index contributed by atoms with van der Waals surface area (Å²) in [6.07, 6.45) is -0.603. The van der Waals surface area contributed by atoms with E-state index < -0.39 is 12.1 Å². The Morgan fingerprint density at radius 3 is 2.46 bits per heavy atom. The third kappa shape index (κ3) is 5.67. The van der Waals surface area contributed by atoms with Crippen LogP contribution < -0.4 is 5.32 Å². The van der Waals surface area contributed by atoms with E-state index in [2.05, 4.69) is 15.5 Å². The summed E-state index contributed by atoms with van der Waals surface area (Å²) in [6.45, 7) is 11.6. The highest BCUT2D eigenvalue weighted by molar-refractivity contribution is 7.13. The largest absolute Gasteiger partial charge is 0.391 e. The van der Waals surface area contributed by atoms with Gasteiger partial charge in [-0.2, -0.15) is 0 Å². The molecule has 2 aromatic heterocycles. The summed E-state index contributed by atoms with van der Waals surface area (Å²) in [5, 5.41) is 17.5. The first-order chi connectivity index (χ1) is 17.6. The van der Waals surface area contributed by atoms with Crippen molar-refractivity contribution in [1.82, 2.24) is 20.4 Å². The molecule has 0 saturated carbocycles. The van der Waals surface area contributed by atoms with Crippen molar-refractivity contribution < 1.29 is 19.2 Å². The van der Waals surface area contributed by atoms with E-state index in [9.17, 15) is 14.7 Å². The maximum Gasteiger partial charge on any atom is 0.258 e. The zero-order valence-corrected chi connectivity index (χ0v) is 22.9. The highest BCUT2D eigenvalue weighted by atomic mass is 32.1. The molecule has 0 bridgehead atoms. The number of nitrogens with zero attached hydrogens (tertiary/aromatic N) is 3. The van der Waals surface area contributed by atoms with Gasteiger partial charge in [0, 0.05) is 19.0 Å². The molecule has 0 radical (unpaired) electrons. The number of thiazole rings is 1. The number of β-amino-alcohol motifs (C(OH)–C–C–N with tert-alkyl or cyclic N) is 1. The van der Waals surface area contributed by atoms with Gasteiger partial charge in [0.25, 0.3) is 5.91 Å². The number of likely N-dealkylation sites (tertiary alicyclic amines) is 1. The smallest absolute Gasteiger partial charge is 0.258 e. The van der Waals surface area contributed by atoms with Gasteiger partial charge in [-0.05, 0) is 44.7 Å². The fraction of sp³-hybridized carbons (Fsp3) is 0.429. The van der Waals surface area contributed by atoms with Crippen LogP contribution in [0.25, 0.3) is 16.0 Å². The molecule has 0 unspecified atom stereocenters. The number of aliphatic hydroxyl groups excluding tert-OH is 1. The molecule has 1 fully saturated rings. The van der Waals surface area contributed by atoms with Gasteiger partial charge in [0.05, 0.1) is 39.5 Å². The maximum atomic E-state index is 13.6. The van der Waals surface area contributed by atoms with Crippen LogP contribution in [0.4, 0.5) is 0 Å². The van der Waals surface area contributed by atoms with Gasteiger partial charge >= 0.3 is 0 Å². The number of amides is 2. The minimum atomic E-state index is -0.786. The summed E-state index contributed by atoms with van der Waals surface area (Å²) in [4.78, 5) is 33.9. The standard InChI is InChI=1S/C28H34N4O4S/c1-15(2)22-12-24(36-31-22)25(16(3)4)28(35)32-13-21(33)11-23(32)27(34)30-17(5)19-7-9-20(10-8-19)26-18(6)29-14-37-26/h7-10,12,14-15,17,21,23,33H,11,13H2,1-6H3,(H,30,34)/t17-,21+,23-/m0/s1. The molecule has 1 saturated heterocycles. The molecule has 0 aliphatic carbocycles. The van der Waals surface area contributed by atoms with Crippen LogP contribution in [0.2, 0.25) is 0 Å². The average Bonchev–Trinajstić information content (AvgIpc) is 3.59. The second-order valence-corrected chi connectivity index (χ2v) is 11.0. The van der Waals surface area contributed by atoms with Gasteiger partial charge in [-0.3, -0.25) is 9.59 Å². The monoisotopic (exact) mass is 522 g/mol. The van der Waals surface area contributed by atoms with Crippen LogP contribution in [-0.4, -0.2) is 50.7 Å². The van der Waals surface area contributed by atoms with Crippen LogP contribution >= 0.6 is 11.3 Å². The molecule has 37 heavy (non-hydrogen) atoms. The lowest BCUT2D eigenvalue weighted by Gasteiger charge is -2.26. The first kappa shape index (κ1) is 26.8. The molecule has 1 aromatic carbocycles. The van der Waals surface area contributed by atoms with E-state index in [-0.39, 0.29) is 36.7 Å². The van der Waals surface area contributed by atoms with E-state index >= 15 is 0 Å². The molecule has 196 valence electrons. The predicted octanol–water partition coefficient (Wildman–Crippen LogP) is 4.86. The normalized spacial score (nSPS) is 18.2. The van der Waals surface area contributed by atoms with Crippen molar-refractivity contribution >= 4 is 28.7 Å². The van der Waals surface area contributed by atoms with Crippen molar-refractivity contribution in [3.63, 3.8) is 0 Å². The lowest BCUT2D eigenvalue weighted by molar-refractivity contribution is -0.135. The molecule has 9 heteroatoms. The number of aliphatic hydroxyl groups is 1. The topological polar surface area (TPSA) is 109 Å². The third-order valence-electron chi connectivity index (χ3n) is 6.70. The molecule has 4 rings (SSSR count). The van der Waals surface area contributed by atoms with Crippen LogP contribution in [-0.2, 0) is 9.59 Å². The molecular weight excluding hydrogens is 488 g/mol. The van der Waals surface area contributed by atoms with Crippen molar-refractivity contribution in [2.24, 2.45) is 0 Å². The summed E-state index contributed by atoms with van der Waals surface area (Å²) in [5.74, 6) is -0.119. The first-order valence-corrected chi connectivity index (χ1v) is 13.4. The number of aryl methyl sites for hydroxylation is 1. The molecule has 3 aromatic rings. The Morgan fingerprint density at radius 2 is 1.89 bits per heavy atom. The van der Waals surface area contributed by atoms with Crippen molar-refractivity contribution in [3.05, 3.63) is 64.1 Å². The molecule has 2 N–H and O–H groups in total. The van der Waals surface area contributed by atoms with Crippen LogP contribution in [0.15, 0.2) is 45.9 Å². The number of hydrogen-bond donors (Lipinski definition) is 2. The Bertz CT molecular complexity index is 1300. The average molecular weight is 523 g/mol. The maximum absolute atomic E-state index is 13.6. The number of hydrogen-bond acceptors (Lipinski definition) is 7. The van der Waals surface area contributed by atoms with E-state index in [0.29, 0.717) is 11.3 Å². The summed E-state index contributed by atoms with van der Waals surface area (Å²) < 4.78 is 5.50. The minimum absolute atomic E-state index is 0.0795. The minimum Gasteiger partial charge on any atom is -0.391 e. The van der Waals surface area contributed by atoms with Gasteiger partial charge < -0.3 is 19.8 Å². The summed E-state index contributed by atoms with van der Waals surface area (Å²) in [7, 11) is 0. The molecule has 0 spiro atoms. The fourth-order valence-corrected chi connectivity index (χ4v) is 5.38. The molecule has 3 atom stereocenters. The number of aromatic nitrogens is 2. The molecular formula is C28H34N4O4S. The molecule has 1 aliphatic heterocycles. The van der Waals surface area contributed by atoms with Crippen molar-refractivity contribution in [2.45, 2.75) is 72.1 Å². The van der Waals surface area contributed by atoms with Crippen molar-refractivity contribution in [2.75, 3.05) is 6.54 Å². The Hall–Kier alpha value is -3.30. The molecule has 3 heterocycles. The first-order valence-electron chi connectivity index (χ1n) is 12.5. The van der Waals surface area contributed by atoms with Gasteiger partial charge in [0.1, 0.15) is 6.04 Å². The van der Waals surface area contributed by atoms with Gasteiger partial charge in [-0.1, -0.05) is 48.8 Å². The predicted molar refractivity (Wildman–Crippen MR) is 144 cm³/mol. The van der Waals surface area contributed by atoms with Gasteiger partial charge in [0.2, 0.25) is 5.91 Å². The van der Waals surface area contributed by atoms with E-state index in [0.717, 1.165) is 33.0 Å². The Labute approximate surface area is 221 Å². The summed E-state index contributed by atoms with van der Waals surface area (Å²) >= 11 is 1.60. The second-order valence-electron chi connectivity index (χ2n) is 10.1. The lowest BCUT2D eigenvalue weighted by atomic mass is 10.0. The summed E-state index contributed by atoms with van der Waals surface area (Å²) in [5.41, 5.74) is 6.73. The summed E-state index contributed by atoms with van der Waals surface area (Å²) in [6, 6.07) is 8.74. The van der Waals surface area contributed by atoms with Gasteiger partial charge in [-0.25, -0.2) is 4.98 Å². The van der Waals surface area contributed by atoms with E-state index in [1.165, 1.54) is 4.90 Å². The highest BCUT2D eigenvalue weighted by Crippen LogP contribution is 2.30. The zero-order chi connectivity index (χ0) is 26.9. The van der Waals surface area contributed by atoms with Crippen LogP contribution in [0.1, 0.15) is 75.7 Å². The van der Waals surface area contributed by atoms with Gasteiger partial charge in [-0.15, -0.1) is 11.3 Å². The number of carbonyl (C=O) groups excluding carboxylic acids is 2. The lowest BCUT2D eigenvalue weighted by Crippen LogP contribution is -2.46. The van der Waals surface area contributed by atoms with Crippen molar-refractivity contribution in [3.8, 4) is 10.4 Å². The fourth-order valence-electron chi connectivity index (χ4n) is 4.57. The van der Waals surface area contributed by atoms with Crippen molar-refractivity contribution in [1.29, 1.82) is 0 Å². The number of allylic oxidation sites excluding steroid dienone is 1. The third-order valence-corrected chi connectivity index (χ3v) is 7.68. The Morgan fingerprint density at radius 1 is 1.19 bits per heavy atom. The number of benzene rings is 1. The Kier molecular flexibility index (Phi) is 7.94. The van der Waals surface area contributed by atoms with Crippen LogP contribution in [0.3, 0.4) is 0 Å². The number of nitrogens with one attached hydrogen (secondary N) is 1. The molecule has 1 aliphatic rings. The second kappa shape index (κ2) is 11.0. The zero-order valence-electron chi connectivity index (χ0n) is 22.1. The van der Waals surface area contributed by atoms with E-state index in [4.69, 9.17) is 4.52 Å². The SMILES string of the molecule is CC(C)=C(C(=O)N1C[C@H](O)C[C@H]1C(=O)N[C@@H](C)c1ccc(-c2scnc2C)cc1)c1cc(C(C)C)no1. The van der Waals surface area contributed by atoms with E-state index in [1.54, 1.807) is 17.4 Å². The van der Waals surface area contributed by atoms with Gasteiger partial charge in [0.15, 0.2) is 5.76 Å². The number of rotatable bonds is 7. The van der Waals surface area contributed by atoms with Crippen LogP contribution in [0, 0.1) is 6.92 Å². The van der Waals surface area contributed by atoms with Crippen LogP contribution in [0.5, 0.6) is 0 Å². The Balaban J connectivity index is 1.50. The molecule has 2 amide bonds. The molecule has 8 nitrogen and oxygen atoms in total.